The lowest BCUT2D eigenvalue weighted by Crippen LogP contribution is -2.90. The molecule has 0 aromatic heterocycles. The van der Waals surface area contributed by atoms with E-state index in [2.05, 4.69) is 40.3 Å². The molecule has 8 rings (SSSR count). The van der Waals surface area contributed by atoms with Gasteiger partial charge in [-0.2, -0.15) is 0 Å². The van der Waals surface area contributed by atoms with Crippen molar-refractivity contribution >= 4 is 17.9 Å². The standard InChI is InChI=1S/C40H50O10/c1-23-19-39-29-15-17-35(4)27(36(29,5)32(48-25(3)41)33(49-39)37(39,6)40(31(23)50-40)34(43)44-7)16-18-38(21-46-30(42)14-13-28(35)38)24(2)47-22-45-20-26-11-9-8-10-12-26/h8-14,24,27-29,31-33H,1,15-22H2,2-7H3/t24?,27?,28-,29?,31+,32+,33-,35+,36+,37+,38-,39+,40-/m0/s1. The van der Waals surface area contributed by atoms with E-state index < -0.39 is 51.7 Å². The van der Waals surface area contributed by atoms with Gasteiger partial charge in [-0.1, -0.05) is 63.8 Å². The lowest BCUT2D eigenvalue weighted by molar-refractivity contribution is -0.449. The van der Waals surface area contributed by atoms with Crippen LogP contribution in [0.1, 0.15) is 72.3 Å². The number of methoxy groups -OCH3 is 1. The molecular weight excluding hydrogens is 640 g/mol. The van der Waals surface area contributed by atoms with Gasteiger partial charge >= 0.3 is 17.9 Å². The third-order valence-electron chi connectivity index (χ3n) is 15.0. The van der Waals surface area contributed by atoms with Crippen LogP contribution in [0.3, 0.4) is 0 Å². The van der Waals surface area contributed by atoms with Crippen LogP contribution in [0.25, 0.3) is 0 Å². The van der Waals surface area contributed by atoms with Gasteiger partial charge in [0.05, 0.1) is 30.8 Å². The van der Waals surface area contributed by atoms with Crippen LogP contribution in [-0.2, 0) is 54.1 Å². The number of fused-ring (bicyclic) bond motifs is 9. The summed E-state index contributed by atoms with van der Waals surface area (Å²) in [7, 11) is 1.39. The summed E-state index contributed by atoms with van der Waals surface area (Å²) in [5, 5.41) is 0. The van der Waals surface area contributed by atoms with Crippen molar-refractivity contribution in [1.29, 1.82) is 0 Å². The van der Waals surface area contributed by atoms with Gasteiger partial charge in [0.2, 0.25) is 5.60 Å². The number of epoxide rings is 1. The van der Waals surface area contributed by atoms with E-state index >= 15 is 0 Å². The summed E-state index contributed by atoms with van der Waals surface area (Å²) < 4.78 is 43.3. The molecule has 3 unspecified atom stereocenters. The first-order chi connectivity index (χ1) is 23.8. The fourth-order valence-corrected chi connectivity index (χ4v) is 12.8. The highest BCUT2D eigenvalue weighted by atomic mass is 16.7. The number of allylic oxidation sites excluding steroid dienone is 1. The van der Waals surface area contributed by atoms with Crippen molar-refractivity contribution in [1.82, 2.24) is 0 Å². The van der Waals surface area contributed by atoms with E-state index in [9.17, 15) is 14.4 Å². The Hall–Kier alpha value is -3.05. The Balaban J connectivity index is 1.15. The molecule has 1 spiro atoms. The topological polar surface area (TPSA) is 119 Å². The number of carbonyl (C=O) groups excluding carboxylic acids is 3. The molecule has 4 aliphatic heterocycles. The fraction of sp³-hybridized carbons (Fsp3) is 0.675. The molecule has 3 saturated carbocycles. The Kier molecular flexibility index (Phi) is 7.65. The highest BCUT2D eigenvalue weighted by Gasteiger charge is 2.94. The molecule has 0 radical (unpaired) electrons. The fourth-order valence-electron chi connectivity index (χ4n) is 12.8. The number of benzene rings is 1. The maximum Gasteiger partial charge on any atom is 0.342 e. The number of rotatable bonds is 8. The van der Waals surface area contributed by atoms with Crippen LogP contribution in [0.4, 0.5) is 0 Å². The van der Waals surface area contributed by atoms with Crippen LogP contribution in [0.2, 0.25) is 0 Å². The maximum absolute atomic E-state index is 13.6. The molecule has 13 atom stereocenters. The summed E-state index contributed by atoms with van der Waals surface area (Å²) in [6.45, 7) is 15.4. The number of hydrogen-bond donors (Lipinski definition) is 0. The molecule has 10 heteroatoms. The van der Waals surface area contributed by atoms with Gasteiger partial charge in [-0.3, -0.25) is 4.79 Å². The summed E-state index contributed by atoms with van der Waals surface area (Å²) >= 11 is 0. The molecule has 7 aliphatic rings. The summed E-state index contributed by atoms with van der Waals surface area (Å²) in [6.07, 6.45) is 5.46. The van der Waals surface area contributed by atoms with E-state index in [4.69, 9.17) is 33.2 Å². The lowest BCUT2D eigenvalue weighted by Gasteiger charge is -2.80. The average molecular weight is 691 g/mol. The van der Waals surface area contributed by atoms with Gasteiger partial charge in [-0.25, -0.2) is 9.59 Å². The molecule has 1 aromatic carbocycles. The number of esters is 3. The largest absolute Gasteiger partial charge is 0.467 e. The van der Waals surface area contributed by atoms with Gasteiger partial charge in [0.25, 0.3) is 0 Å². The van der Waals surface area contributed by atoms with Gasteiger partial charge in [0.15, 0.2) is 0 Å². The second kappa shape index (κ2) is 11.2. The normalized spacial score (nSPS) is 47.0. The molecule has 3 aliphatic carbocycles. The Bertz CT molecular complexity index is 1640. The van der Waals surface area contributed by atoms with Crippen LogP contribution in [-0.4, -0.2) is 74.0 Å². The zero-order chi connectivity index (χ0) is 35.5. The van der Waals surface area contributed by atoms with E-state index in [0.717, 1.165) is 36.8 Å². The predicted molar refractivity (Wildman–Crippen MR) is 179 cm³/mol. The highest BCUT2D eigenvalue weighted by Crippen LogP contribution is 2.83. The van der Waals surface area contributed by atoms with Gasteiger partial charge in [0.1, 0.15) is 31.7 Å². The molecule has 0 N–H and O–H groups in total. The van der Waals surface area contributed by atoms with Gasteiger partial charge < -0.3 is 33.2 Å². The third-order valence-corrected chi connectivity index (χ3v) is 15.0. The van der Waals surface area contributed by atoms with Crippen molar-refractivity contribution in [3.63, 3.8) is 0 Å². The van der Waals surface area contributed by atoms with E-state index in [-0.39, 0.29) is 54.6 Å². The Morgan fingerprint density at radius 2 is 1.80 bits per heavy atom. The van der Waals surface area contributed by atoms with Gasteiger partial charge in [-0.15, -0.1) is 0 Å². The maximum atomic E-state index is 13.6. The van der Waals surface area contributed by atoms with Crippen molar-refractivity contribution in [3.8, 4) is 0 Å². The van der Waals surface area contributed by atoms with E-state index in [1.54, 1.807) is 6.08 Å². The van der Waals surface area contributed by atoms with Crippen molar-refractivity contribution < 1.29 is 47.5 Å². The second-order valence-corrected chi connectivity index (χ2v) is 16.7. The predicted octanol–water partition coefficient (Wildman–Crippen LogP) is 5.47. The smallest absolute Gasteiger partial charge is 0.342 e. The van der Waals surface area contributed by atoms with Crippen molar-refractivity contribution in [3.05, 3.63) is 60.2 Å². The van der Waals surface area contributed by atoms with E-state index in [1.165, 1.54) is 14.0 Å². The minimum absolute atomic E-state index is 0.0592. The van der Waals surface area contributed by atoms with Crippen molar-refractivity contribution in [2.24, 2.45) is 39.4 Å². The Morgan fingerprint density at radius 3 is 2.52 bits per heavy atom. The quantitative estimate of drug-likeness (QED) is 0.0868. The molecule has 10 nitrogen and oxygen atoms in total. The molecule has 50 heavy (non-hydrogen) atoms. The summed E-state index contributed by atoms with van der Waals surface area (Å²) in [4.78, 5) is 39.4. The van der Waals surface area contributed by atoms with E-state index in [1.807, 2.05) is 30.3 Å². The summed E-state index contributed by atoms with van der Waals surface area (Å²) in [6, 6.07) is 9.99. The first kappa shape index (κ1) is 34.1. The highest BCUT2D eigenvalue weighted by molar-refractivity contribution is 5.88. The molecule has 2 bridgehead atoms. The monoisotopic (exact) mass is 690 g/mol. The first-order valence-electron chi connectivity index (χ1n) is 18.1. The van der Waals surface area contributed by atoms with Gasteiger partial charge in [0, 0.05) is 30.3 Å². The van der Waals surface area contributed by atoms with Crippen LogP contribution in [0.5, 0.6) is 0 Å². The Labute approximate surface area is 294 Å². The van der Waals surface area contributed by atoms with Crippen LogP contribution < -0.4 is 0 Å². The Morgan fingerprint density at radius 1 is 1.06 bits per heavy atom. The molecule has 4 heterocycles. The average Bonchev–Trinajstić information content (AvgIpc) is 3.88. The zero-order valence-corrected chi connectivity index (χ0v) is 30.0. The van der Waals surface area contributed by atoms with Crippen LogP contribution in [0, 0.1) is 39.4 Å². The minimum atomic E-state index is -1.22. The number of ether oxygens (including phenoxy) is 7. The summed E-state index contributed by atoms with van der Waals surface area (Å²) in [5.74, 6) is -1.20. The van der Waals surface area contributed by atoms with Gasteiger partial charge in [-0.05, 0) is 66.9 Å². The number of carbonyl (C=O) groups is 3. The molecule has 3 saturated heterocycles. The van der Waals surface area contributed by atoms with E-state index in [0.29, 0.717) is 13.0 Å². The SMILES string of the molecule is C=C1C[C@@]23O[C@@H]([C@@H](OC(C)=O)[C@]4(C)C5CC[C@@]6(C(C)OCOCc7ccccc7)COC(=O)C=C[C@H]6[C@]5(C)CCC42)[C@@]3(C)[C@]2(C(=O)OC)O[C@H]12. The zero-order valence-electron chi connectivity index (χ0n) is 30.0. The number of hydrogen-bond acceptors (Lipinski definition) is 10. The third kappa shape index (κ3) is 4.08. The lowest BCUT2D eigenvalue weighted by atomic mass is 9.30. The number of cyclic esters (lactones) is 1. The molecule has 270 valence electrons. The van der Waals surface area contributed by atoms with Crippen molar-refractivity contribution in [2.45, 2.75) is 109 Å². The minimum Gasteiger partial charge on any atom is -0.467 e. The molecule has 6 fully saturated rings. The van der Waals surface area contributed by atoms with Crippen molar-refractivity contribution in [2.75, 3.05) is 20.5 Å². The first-order valence-corrected chi connectivity index (χ1v) is 18.1. The van der Waals surface area contributed by atoms with Crippen LogP contribution in [0.15, 0.2) is 54.6 Å². The molecule has 0 amide bonds. The molecular formula is C40H50O10. The second-order valence-electron chi connectivity index (χ2n) is 16.7. The summed E-state index contributed by atoms with van der Waals surface area (Å²) in [5.41, 5.74) is -2.13. The van der Waals surface area contributed by atoms with Crippen LogP contribution >= 0.6 is 0 Å². The molecule has 1 aromatic rings.